The molecule has 744 valence electrons. The Kier molecular flexibility index (Phi) is 127. The number of urea groups is 1. The van der Waals surface area contributed by atoms with Gasteiger partial charge in [0.2, 0.25) is 0 Å². The molecule has 1 aromatic heterocycles. The quantitative estimate of drug-likeness (QED) is 0.0299. The van der Waals surface area contributed by atoms with E-state index in [0.29, 0.717) is 19.6 Å². The second kappa shape index (κ2) is 116. The average Bonchev–Trinajstić information content (AvgIpc) is 0.786. The number of aromatic nitrogens is 3. The first kappa shape index (κ1) is 139. The predicted molar refractivity (Wildman–Crippen MR) is 582 cm³/mol. The number of unbranched alkanes of at least 4 members (excludes halogenated alkanes) is 23. The van der Waals surface area contributed by atoms with Gasteiger partial charge in [-0.15, -0.1) is 0 Å². The minimum absolute atomic E-state index is 0.0306. The molecule has 5 aromatic rings. The number of nitrogens with zero attached hydrogens (tertiary/aromatic N) is 3. The lowest BCUT2D eigenvalue weighted by molar-refractivity contribution is 0.240. The third kappa shape index (κ3) is 105. The largest absolute Gasteiger partial charge is 0.338 e. The molecule has 0 aliphatic heterocycles. The summed E-state index contributed by atoms with van der Waals surface area (Å²) in [6.45, 7) is 73.7. The summed E-state index contributed by atoms with van der Waals surface area (Å²) < 4.78 is 3.66. The fourth-order valence-electron chi connectivity index (χ4n) is 11.4. The number of rotatable bonds is 49. The van der Waals surface area contributed by atoms with Crippen molar-refractivity contribution in [3.63, 3.8) is 0 Å². The van der Waals surface area contributed by atoms with Gasteiger partial charge in [-0.1, -0.05) is 544 Å². The third-order valence-electron chi connectivity index (χ3n) is 21.3. The van der Waals surface area contributed by atoms with E-state index in [-0.39, 0.29) is 6.03 Å². The van der Waals surface area contributed by atoms with Gasteiger partial charge in [0.05, 0.1) is 0 Å². The molecule has 0 fully saturated rings. The van der Waals surface area contributed by atoms with Crippen molar-refractivity contribution in [3.8, 4) is 0 Å². The monoisotopic (exact) mass is 1770 g/mol. The number of aryl methyl sites for hydroxylation is 8. The molecule has 127 heavy (non-hydrogen) atoms. The van der Waals surface area contributed by atoms with Crippen molar-refractivity contribution in [3.05, 3.63) is 197 Å². The van der Waals surface area contributed by atoms with Crippen LogP contribution in [0.1, 0.15) is 515 Å². The lowest BCUT2D eigenvalue weighted by Crippen LogP contribution is -2.54. The summed E-state index contributed by atoms with van der Waals surface area (Å²) in [6, 6.07) is 35.3. The number of hydrogen-bond acceptors (Lipinski definition) is 4. The number of benzene rings is 4. The number of carbonyl (C=O) groups excluding carboxylic acids is 1. The maximum Gasteiger partial charge on any atom is 0.336 e. The number of nitrogens with one attached hydrogen (secondary N) is 2. The highest BCUT2D eigenvalue weighted by molar-refractivity contribution is 5.73. The van der Waals surface area contributed by atoms with Crippen LogP contribution in [0.5, 0.6) is 0 Å². The molecule has 5 rings (SSSR count). The Balaban J connectivity index is -0.000000173. The van der Waals surface area contributed by atoms with E-state index in [1.165, 1.54) is 282 Å². The lowest BCUT2D eigenvalue weighted by Gasteiger charge is -2.13. The van der Waals surface area contributed by atoms with Gasteiger partial charge in [-0.3, -0.25) is 0 Å². The Morgan fingerprint density at radius 2 is 0.575 bits per heavy atom. The van der Waals surface area contributed by atoms with Crippen LogP contribution in [-0.2, 0) is 58.2 Å². The zero-order valence-electron chi connectivity index (χ0n) is 91.2. The van der Waals surface area contributed by atoms with Crippen LogP contribution in [0, 0.1) is 25.7 Å². The van der Waals surface area contributed by atoms with Gasteiger partial charge in [-0.2, -0.15) is 0 Å². The molecule has 1 heterocycles. The lowest BCUT2D eigenvalue weighted by atomic mass is 10.00. The maximum absolute atomic E-state index is 12.4. The molecule has 2 N–H and O–H groups in total. The third-order valence-corrected chi connectivity index (χ3v) is 21.3. The van der Waals surface area contributed by atoms with Crippen molar-refractivity contribution in [2.24, 2.45) is 11.8 Å². The van der Waals surface area contributed by atoms with E-state index in [1.54, 1.807) is 0 Å². The van der Waals surface area contributed by atoms with E-state index in [0.717, 1.165) is 115 Å². The summed E-state index contributed by atoms with van der Waals surface area (Å²) in [7, 11) is 0. The molecule has 0 radical (unpaired) electrons. The van der Waals surface area contributed by atoms with Crippen molar-refractivity contribution in [2.45, 2.75) is 542 Å². The Hall–Kier alpha value is -5.96. The van der Waals surface area contributed by atoms with E-state index >= 15 is 0 Å². The van der Waals surface area contributed by atoms with Crippen LogP contribution in [0.25, 0.3) is 0 Å². The number of hydrogen-bond donors (Lipinski definition) is 2. The van der Waals surface area contributed by atoms with Gasteiger partial charge in [0, 0.05) is 32.7 Å². The molecular formula is C118H223N5O4. The molecule has 0 saturated heterocycles. The normalized spacial score (nSPS) is 10.1. The Bertz CT molecular complexity index is 2890. The average molecular weight is 1780 g/mol. The molecule has 0 saturated carbocycles. The summed E-state index contributed by atoms with van der Waals surface area (Å²) in [5.41, 5.74) is 11.4. The van der Waals surface area contributed by atoms with E-state index in [2.05, 4.69) is 294 Å². The van der Waals surface area contributed by atoms with E-state index < -0.39 is 17.1 Å². The standard InChI is InChI=1S/C15H27N3O3.2C12H18.C12H26.C10H14.C10H22.C9H20N2O.C8H10.C8H18.C6H12.C5H12.C4H10.C4H8.C3H8/c1-4-7-10-16-13(19)17(11-8-5-2)15(21)18(14(16)20)12-9-6-3;1-3-6-11-8-5-9-12(10-11)7-4-2;1-3-5-11-7-9-12(6-4-2)10-8-11;1-4-6-7-8-9-10-11-12(3)5-2;1-3-9-5-7-10(4-2)8-6-9;1-3-5-7-9-10-8-6-4-2;1-3-5-7-10-9(12)11-8-6-4-2;1-7-3-5-8(2)6-4-7;1-3-5-7-8-6-4-2;1-4-6(3)5-2;1-4-5(2)3;2*1-3-4-2;1-3-2/h4-12H2,1-3H3;5,8-10H,3-4,6-7H2,1-2H3;7-10H,3-6H2,1-2H3;12H,4-11H2,1-3H3;5-8H,3-4H2,1-2H3;3-10H2,1-2H3;3-8H2,1-2H3,(H2,10,11,12);3-6H,1-2H3;3-8H2,1-2H3;3-5H2,1-2H3;5H,4H2,1-3H3;3-4H2,1-2H3;3-4H,1-2H3;3H2,1-2H3/b;;;;;;;;;;;;4-3+;. The van der Waals surface area contributed by atoms with Crippen LogP contribution >= 0.6 is 0 Å². The van der Waals surface area contributed by atoms with Crippen molar-refractivity contribution in [1.29, 1.82) is 0 Å². The van der Waals surface area contributed by atoms with Gasteiger partial charge in [-0.05, 0) is 156 Å². The molecule has 9 nitrogen and oxygen atoms in total. The summed E-state index contributed by atoms with van der Waals surface area (Å²) >= 11 is 0. The predicted octanol–water partition coefficient (Wildman–Crippen LogP) is 37.3. The molecule has 9 heteroatoms. The second-order valence-corrected chi connectivity index (χ2v) is 34.8. The minimum Gasteiger partial charge on any atom is -0.338 e. The van der Waals surface area contributed by atoms with Crippen molar-refractivity contribution < 1.29 is 4.79 Å². The number of carbonyl (C=O) groups is 1. The first-order valence-electron chi connectivity index (χ1n) is 53.7. The topological polar surface area (TPSA) is 107 Å². The van der Waals surface area contributed by atoms with Gasteiger partial charge in [0.1, 0.15) is 0 Å². The molecule has 2 amide bonds. The summed E-state index contributed by atoms with van der Waals surface area (Å²) in [6.07, 6.45) is 64.3. The van der Waals surface area contributed by atoms with Crippen molar-refractivity contribution in [2.75, 3.05) is 13.1 Å². The Labute approximate surface area is 795 Å². The highest BCUT2D eigenvalue weighted by atomic mass is 16.2. The summed E-state index contributed by atoms with van der Waals surface area (Å²) in [5, 5.41) is 5.58. The van der Waals surface area contributed by atoms with Gasteiger partial charge in [0.15, 0.2) is 0 Å². The van der Waals surface area contributed by atoms with E-state index in [4.69, 9.17) is 0 Å². The number of allylic oxidation sites excluding steroid dienone is 3. The van der Waals surface area contributed by atoms with E-state index in [9.17, 15) is 19.2 Å². The zero-order chi connectivity index (χ0) is 98.0. The highest BCUT2D eigenvalue weighted by Crippen LogP contribution is 2.16. The van der Waals surface area contributed by atoms with E-state index in [1.807, 2.05) is 46.8 Å². The summed E-state index contributed by atoms with van der Waals surface area (Å²) in [5.74, 6) is 1.84. The molecule has 1 unspecified atom stereocenters. The second-order valence-electron chi connectivity index (χ2n) is 34.8. The van der Waals surface area contributed by atoms with Crippen molar-refractivity contribution in [1.82, 2.24) is 24.3 Å². The fourth-order valence-corrected chi connectivity index (χ4v) is 11.4. The van der Waals surface area contributed by atoms with Crippen LogP contribution in [0.3, 0.4) is 0 Å². The van der Waals surface area contributed by atoms with Crippen LogP contribution in [0.15, 0.2) is 136 Å². The molecular weight excluding hydrogens is 1550 g/mol. The smallest absolute Gasteiger partial charge is 0.336 e. The van der Waals surface area contributed by atoms with Gasteiger partial charge < -0.3 is 10.6 Å². The van der Waals surface area contributed by atoms with Gasteiger partial charge >= 0.3 is 23.1 Å². The molecule has 4 aromatic carbocycles. The fraction of sp³-hybridized carbons (Fsp3) is 0.729. The van der Waals surface area contributed by atoms with Crippen LogP contribution in [0.2, 0.25) is 0 Å². The molecule has 0 aliphatic rings. The summed E-state index contributed by atoms with van der Waals surface area (Å²) in [4.78, 5) is 48.1. The van der Waals surface area contributed by atoms with Crippen LogP contribution in [-0.4, -0.2) is 32.8 Å². The highest BCUT2D eigenvalue weighted by Gasteiger charge is 2.15. The molecule has 0 aliphatic carbocycles. The van der Waals surface area contributed by atoms with Crippen LogP contribution < -0.4 is 27.7 Å². The minimum atomic E-state index is -0.459. The van der Waals surface area contributed by atoms with Gasteiger partial charge in [0.25, 0.3) is 0 Å². The molecule has 1 atom stereocenters. The SMILES string of the molecule is C/C=C/C.C=C(CC)CC.CCC.CCC(C)C.CCCC.CCCCCCCC.CCCCCCCCC(C)CC.CCCCCCCCCC.CCCCNC(=O)NCCCC.CCCCn1c(=O)n(CCCC)c(=O)n(CCCC)c1=O.CCCc1ccc(CCC)cc1.CCCc1cccc(CCC)c1.CCc1ccc(CC)cc1.Cc1ccc(C)cc1. The first-order chi connectivity index (χ1) is 61.2. The molecule has 0 spiro atoms. The maximum atomic E-state index is 12.4. The molecule has 0 bridgehead atoms. The van der Waals surface area contributed by atoms with Crippen LogP contribution in [0.4, 0.5) is 4.79 Å². The Morgan fingerprint density at radius 1 is 0.323 bits per heavy atom. The zero-order valence-corrected chi connectivity index (χ0v) is 91.2. The Morgan fingerprint density at radius 3 is 0.787 bits per heavy atom. The van der Waals surface area contributed by atoms with Crippen molar-refractivity contribution >= 4 is 6.03 Å². The number of amides is 2. The first-order valence-corrected chi connectivity index (χ1v) is 53.7. The van der Waals surface area contributed by atoms with Gasteiger partial charge in [-0.25, -0.2) is 32.9 Å².